The Kier molecular flexibility index (Phi) is 6.84. The highest BCUT2D eigenvalue weighted by atomic mass is 32.2. The lowest BCUT2D eigenvalue weighted by Gasteiger charge is -2.20. The monoisotopic (exact) mass is 311 g/mol. The van der Waals surface area contributed by atoms with Crippen molar-refractivity contribution in [1.29, 1.82) is 5.41 Å². The lowest BCUT2D eigenvalue weighted by Crippen LogP contribution is -2.31. The van der Waals surface area contributed by atoms with Crippen LogP contribution in [0.5, 0.6) is 0 Å². The van der Waals surface area contributed by atoms with Gasteiger partial charge in [-0.05, 0) is 38.1 Å². The van der Waals surface area contributed by atoms with Gasteiger partial charge in [-0.25, -0.2) is 8.42 Å². The smallest absolute Gasteiger partial charge is 0.179 e. The van der Waals surface area contributed by atoms with Crippen LogP contribution in [0.4, 0.5) is 0 Å². The van der Waals surface area contributed by atoms with Gasteiger partial charge in [0.15, 0.2) is 9.84 Å². The molecule has 3 N–H and O–H groups in total. The standard InChI is InChI=1S/C15H25N3O2S/c1-3-8-18(9-4-2)10-11-21(19,20)14-7-5-6-13(12-14)15(16)17/h5-7,12H,3-4,8-11H2,1-2H3,(H3,16,17). The molecule has 21 heavy (non-hydrogen) atoms. The number of nitrogens with one attached hydrogen (secondary N) is 1. The summed E-state index contributed by atoms with van der Waals surface area (Å²) in [6.45, 7) is 6.54. The van der Waals surface area contributed by atoms with Gasteiger partial charge in [-0.15, -0.1) is 0 Å². The summed E-state index contributed by atoms with van der Waals surface area (Å²) in [7, 11) is -3.34. The first kappa shape index (κ1) is 17.7. The van der Waals surface area contributed by atoms with Crippen LogP contribution in [0.1, 0.15) is 32.3 Å². The first-order valence-electron chi connectivity index (χ1n) is 7.30. The summed E-state index contributed by atoms with van der Waals surface area (Å²) in [5, 5.41) is 7.39. The number of nitrogens with two attached hydrogens (primary N) is 1. The Morgan fingerprint density at radius 1 is 1.19 bits per heavy atom. The Morgan fingerprint density at radius 2 is 1.81 bits per heavy atom. The van der Waals surface area contributed by atoms with Crippen molar-refractivity contribution in [2.45, 2.75) is 31.6 Å². The van der Waals surface area contributed by atoms with Crippen molar-refractivity contribution in [3.63, 3.8) is 0 Å². The molecule has 0 amide bonds. The van der Waals surface area contributed by atoms with Crippen LogP contribution >= 0.6 is 0 Å². The van der Waals surface area contributed by atoms with Crippen molar-refractivity contribution in [3.05, 3.63) is 29.8 Å². The van der Waals surface area contributed by atoms with Crippen molar-refractivity contribution in [1.82, 2.24) is 4.90 Å². The number of rotatable bonds is 9. The third-order valence-electron chi connectivity index (χ3n) is 3.26. The Labute approximate surface area is 127 Å². The molecule has 5 nitrogen and oxygen atoms in total. The van der Waals surface area contributed by atoms with Crippen LogP contribution in [0.15, 0.2) is 29.2 Å². The third-order valence-corrected chi connectivity index (χ3v) is 4.95. The molecule has 0 aliphatic rings. The Balaban J connectivity index is 2.81. The summed E-state index contributed by atoms with van der Waals surface area (Å²) >= 11 is 0. The van der Waals surface area contributed by atoms with E-state index < -0.39 is 9.84 Å². The van der Waals surface area contributed by atoms with E-state index in [-0.39, 0.29) is 16.5 Å². The number of nitrogens with zero attached hydrogens (tertiary/aromatic N) is 1. The highest BCUT2D eigenvalue weighted by Gasteiger charge is 2.17. The lowest BCUT2D eigenvalue weighted by atomic mass is 10.2. The van der Waals surface area contributed by atoms with Crippen molar-refractivity contribution in [3.8, 4) is 0 Å². The average Bonchev–Trinajstić information content (AvgIpc) is 2.45. The van der Waals surface area contributed by atoms with Gasteiger partial charge in [0.2, 0.25) is 0 Å². The molecule has 0 saturated heterocycles. The van der Waals surface area contributed by atoms with Crippen molar-refractivity contribution < 1.29 is 8.42 Å². The molecule has 1 aromatic carbocycles. The molecule has 0 saturated carbocycles. The molecule has 1 rings (SSSR count). The predicted molar refractivity (Wildman–Crippen MR) is 86.5 cm³/mol. The number of sulfone groups is 1. The summed E-state index contributed by atoms with van der Waals surface area (Å²) in [6, 6.07) is 6.30. The first-order valence-corrected chi connectivity index (χ1v) is 8.95. The third kappa shape index (κ3) is 5.47. The van der Waals surface area contributed by atoms with Gasteiger partial charge in [-0.3, -0.25) is 5.41 Å². The topological polar surface area (TPSA) is 87.2 Å². The fraction of sp³-hybridized carbons (Fsp3) is 0.533. The summed E-state index contributed by atoms with van der Waals surface area (Å²) in [6.07, 6.45) is 2.03. The van der Waals surface area contributed by atoms with Crippen LogP contribution in [0.2, 0.25) is 0 Å². The molecule has 0 spiro atoms. The number of amidine groups is 1. The van der Waals surface area contributed by atoms with Crippen LogP contribution in [-0.4, -0.2) is 44.5 Å². The number of hydrogen-bond donors (Lipinski definition) is 2. The van der Waals surface area contributed by atoms with E-state index in [1.54, 1.807) is 18.2 Å². The van der Waals surface area contributed by atoms with E-state index in [0.717, 1.165) is 25.9 Å². The molecule has 1 aromatic rings. The van der Waals surface area contributed by atoms with E-state index in [2.05, 4.69) is 18.7 Å². The van der Waals surface area contributed by atoms with Crippen LogP contribution in [-0.2, 0) is 9.84 Å². The maximum atomic E-state index is 12.4. The van der Waals surface area contributed by atoms with Gasteiger partial charge in [0.05, 0.1) is 10.6 Å². The molecular formula is C15H25N3O2S. The highest BCUT2D eigenvalue weighted by Crippen LogP contribution is 2.13. The van der Waals surface area contributed by atoms with Gasteiger partial charge in [0.1, 0.15) is 5.84 Å². The van der Waals surface area contributed by atoms with E-state index >= 15 is 0 Å². The molecule has 0 fully saturated rings. The molecule has 0 aliphatic heterocycles. The summed E-state index contributed by atoms with van der Waals surface area (Å²) in [5.41, 5.74) is 5.85. The summed E-state index contributed by atoms with van der Waals surface area (Å²) < 4.78 is 24.8. The van der Waals surface area contributed by atoms with Gasteiger partial charge in [-0.1, -0.05) is 26.0 Å². The molecule has 0 radical (unpaired) electrons. The minimum atomic E-state index is -3.34. The SMILES string of the molecule is CCCN(CCC)CCS(=O)(=O)c1cccc(C(=N)N)c1. The molecule has 0 atom stereocenters. The van der Waals surface area contributed by atoms with Crippen LogP contribution in [0.3, 0.4) is 0 Å². The van der Waals surface area contributed by atoms with Crippen LogP contribution < -0.4 is 5.73 Å². The van der Waals surface area contributed by atoms with E-state index in [1.165, 1.54) is 6.07 Å². The van der Waals surface area contributed by atoms with Gasteiger partial charge >= 0.3 is 0 Å². The van der Waals surface area contributed by atoms with Crippen molar-refractivity contribution in [2.24, 2.45) is 5.73 Å². The van der Waals surface area contributed by atoms with E-state index in [4.69, 9.17) is 11.1 Å². The van der Waals surface area contributed by atoms with Gasteiger partial charge in [-0.2, -0.15) is 0 Å². The summed E-state index contributed by atoms with van der Waals surface area (Å²) in [5.74, 6) is -0.0282. The minimum absolute atomic E-state index is 0.0916. The molecule has 118 valence electrons. The minimum Gasteiger partial charge on any atom is -0.384 e. The molecule has 0 heterocycles. The summed E-state index contributed by atoms with van der Waals surface area (Å²) in [4.78, 5) is 2.41. The zero-order valence-electron chi connectivity index (χ0n) is 12.8. The molecule has 0 unspecified atom stereocenters. The number of benzene rings is 1. The normalized spacial score (nSPS) is 11.8. The van der Waals surface area contributed by atoms with Crippen LogP contribution in [0.25, 0.3) is 0 Å². The first-order chi connectivity index (χ1) is 9.90. The zero-order valence-corrected chi connectivity index (χ0v) is 13.6. The average molecular weight is 311 g/mol. The molecular weight excluding hydrogens is 286 g/mol. The van der Waals surface area contributed by atoms with Crippen LogP contribution in [0, 0.1) is 5.41 Å². The second-order valence-electron chi connectivity index (χ2n) is 5.10. The maximum Gasteiger partial charge on any atom is 0.179 e. The van der Waals surface area contributed by atoms with Crippen molar-refractivity contribution in [2.75, 3.05) is 25.4 Å². The largest absolute Gasteiger partial charge is 0.384 e. The quantitative estimate of drug-likeness (QED) is 0.538. The fourth-order valence-electron chi connectivity index (χ4n) is 2.19. The fourth-order valence-corrected chi connectivity index (χ4v) is 3.52. The zero-order chi connectivity index (χ0) is 15.9. The number of nitrogen functional groups attached to an aromatic ring is 1. The van der Waals surface area contributed by atoms with E-state index in [9.17, 15) is 8.42 Å². The van der Waals surface area contributed by atoms with E-state index in [0.29, 0.717) is 12.1 Å². The Morgan fingerprint density at radius 3 is 2.33 bits per heavy atom. The molecule has 0 bridgehead atoms. The maximum absolute atomic E-state index is 12.4. The van der Waals surface area contributed by atoms with E-state index in [1.807, 2.05) is 0 Å². The predicted octanol–water partition coefficient (Wildman–Crippen LogP) is 1.87. The lowest BCUT2D eigenvalue weighted by molar-refractivity contribution is 0.290. The highest BCUT2D eigenvalue weighted by molar-refractivity contribution is 7.91. The molecule has 0 aliphatic carbocycles. The Hall–Kier alpha value is -1.40. The number of hydrogen-bond acceptors (Lipinski definition) is 4. The second-order valence-corrected chi connectivity index (χ2v) is 7.21. The van der Waals surface area contributed by atoms with Gasteiger partial charge < -0.3 is 10.6 Å². The van der Waals surface area contributed by atoms with Crippen molar-refractivity contribution >= 4 is 15.7 Å². The van der Waals surface area contributed by atoms with Gasteiger partial charge in [0, 0.05) is 12.1 Å². The molecule has 0 aromatic heterocycles. The van der Waals surface area contributed by atoms with Gasteiger partial charge in [0.25, 0.3) is 0 Å². The second kappa shape index (κ2) is 8.14. The molecule has 6 heteroatoms. The Bertz CT molecular complexity index is 564.